The zero-order chi connectivity index (χ0) is 23.8. The van der Waals surface area contributed by atoms with Gasteiger partial charge in [0.15, 0.2) is 0 Å². The Balaban J connectivity index is 1.53. The molecule has 0 saturated heterocycles. The lowest BCUT2D eigenvalue weighted by molar-refractivity contribution is -0.226. The molecule has 0 spiro atoms. The summed E-state index contributed by atoms with van der Waals surface area (Å²) in [4.78, 5) is 0. The summed E-state index contributed by atoms with van der Waals surface area (Å²) in [7, 11) is 0. The predicted octanol–water partition coefficient (Wildman–Crippen LogP) is 6.05. The second-order valence-electron chi connectivity index (χ2n) is 13.6. The Kier molecular flexibility index (Phi) is 5.65. The number of oxime groups is 1. The standard InChI is InChI=1S/C29H47NO3/c1-18(16-31)20-8-13-29(17-32)15-14-27(4)22(25(20)29)6-7-24-26(3)11-10-23(30-33)19(2)21(26)9-12-28(24,27)5/h19-22,24-25,31-33H,1,6-17H2,2-5H3/t19-,20?,21?,22?,24?,25?,26+,27-,28-,29-/m1/s1. The van der Waals surface area contributed by atoms with E-state index >= 15 is 0 Å². The fraction of sp³-hybridized carbons (Fsp3) is 0.897. The van der Waals surface area contributed by atoms with Gasteiger partial charge in [-0.3, -0.25) is 0 Å². The number of nitrogens with zero attached hydrogens (tertiary/aromatic N) is 1. The summed E-state index contributed by atoms with van der Waals surface area (Å²) in [5.41, 5.74) is 2.92. The summed E-state index contributed by atoms with van der Waals surface area (Å²) in [5, 5.41) is 33.9. The zero-order valence-corrected chi connectivity index (χ0v) is 21.4. The van der Waals surface area contributed by atoms with Crippen LogP contribution in [0.4, 0.5) is 0 Å². The van der Waals surface area contributed by atoms with Gasteiger partial charge < -0.3 is 15.4 Å². The molecule has 0 aromatic rings. The van der Waals surface area contributed by atoms with Crippen LogP contribution >= 0.6 is 0 Å². The molecule has 3 N–H and O–H groups in total. The molecule has 5 unspecified atom stereocenters. The van der Waals surface area contributed by atoms with Crippen LogP contribution in [0.15, 0.2) is 17.3 Å². The molecule has 0 aliphatic heterocycles. The van der Waals surface area contributed by atoms with Gasteiger partial charge in [0.05, 0.1) is 12.3 Å². The van der Waals surface area contributed by atoms with Gasteiger partial charge in [-0.15, -0.1) is 0 Å². The van der Waals surface area contributed by atoms with Crippen molar-refractivity contribution >= 4 is 5.71 Å². The van der Waals surface area contributed by atoms with Gasteiger partial charge in [0.2, 0.25) is 0 Å². The van der Waals surface area contributed by atoms with Crippen molar-refractivity contribution in [1.29, 1.82) is 0 Å². The van der Waals surface area contributed by atoms with Crippen LogP contribution < -0.4 is 0 Å². The van der Waals surface area contributed by atoms with Crippen molar-refractivity contribution in [2.45, 2.75) is 91.9 Å². The SMILES string of the molecule is C=C(CO)C1CC[C@]2(CO)CC[C@]3(C)C(CCC4[C@@]5(C)CCC(=NO)[C@H](C)C5CC[C@]43C)C12. The monoisotopic (exact) mass is 457 g/mol. The average Bonchev–Trinajstić information content (AvgIpc) is 3.19. The van der Waals surface area contributed by atoms with Crippen LogP contribution in [0.25, 0.3) is 0 Å². The normalized spacial score (nSPS) is 54.8. The topological polar surface area (TPSA) is 73.0 Å². The molecule has 0 radical (unpaired) electrons. The van der Waals surface area contributed by atoms with E-state index in [9.17, 15) is 15.4 Å². The first kappa shape index (κ1) is 23.9. The van der Waals surface area contributed by atoms with Crippen molar-refractivity contribution in [2.24, 2.45) is 62.3 Å². The Morgan fingerprint density at radius 1 is 0.939 bits per heavy atom. The van der Waals surface area contributed by atoms with E-state index in [4.69, 9.17) is 0 Å². The van der Waals surface area contributed by atoms with Gasteiger partial charge in [0.1, 0.15) is 0 Å². The highest BCUT2D eigenvalue weighted by molar-refractivity contribution is 5.87. The maximum absolute atomic E-state index is 10.6. The molecule has 4 heteroatoms. The Hall–Kier alpha value is -0.870. The summed E-state index contributed by atoms with van der Waals surface area (Å²) in [6.45, 7) is 14.8. The van der Waals surface area contributed by atoms with Gasteiger partial charge in [-0.1, -0.05) is 39.4 Å². The van der Waals surface area contributed by atoms with Crippen LogP contribution in [-0.4, -0.2) is 34.3 Å². The van der Waals surface area contributed by atoms with Gasteiger partial charge in [-0.25, -0.2) is 0 Å². The molecular formula is C29H47NO3. The van der Waals surface area contributed by atoms with Crippen molar-refractivity contribution in [1.82, 2.24) is 0 Å². The maximum atomic E-state index is 10.6. The maximum Gasteiger partial charge on any atom is 0.0641 e. The molecule has 33 heavy (non-hydrogen) atoms. The van der Waals surface area contributed by atoms with Gasteiger partial charge >= 0.3 is 0 Å². The first-order chi connectivity index (χ1) is 15.6. The molecule has 0 heterocycles. The Morgan fingerprint density at radius 3 is 2.36 bits per heavy atom. The van der Waals surface area contributed by atoms with E-state index in [0.717, 1.165) is 43.4 Å². The Morgan fingerprint density at radius 2 is 1.70 bits per heavy atom. The van der Waals surface area contributed by atoms with E-state index in [-0.39, 0.29) is 17.4 Å². The van der Waals surface area contributed by atoms with Crippen LogP contribution in [0, 0.1) is 57.2 Å². The molecule has 5 saturated carbocycles. The van der Waals surface area contributed by atoms with E-state index < -0.39 is 0 Å². The molecule has 0 aromatic carbocycles. The third-order valence-corrected chi connectivity index (χ3v) is 13.2. The summed E-state index contributed by atoms with van der Waals surface area (Å²) in [6, 6.07) is 0. The lowest BCUT2D eigenvalue weighted by Crippen LogP contribution is -2.65. The molecule has 10 atom stereocenters. The number of hydrogen-bond donors (Lipinski definition) is 3. The average molecular weight is 458 g/mol. The lowest BCUT2D eigenvalue weighted by atomic mass is 9.33. The Bertz CT molecular complexity index is 839. The first-order valence-electron chi connectivity index (χ1n) is 13.7. The molecule has 0 amide bonds. The van der Waals surface area contributed by atoms with Crippen LogP contribution in [-0.2, 0) is 0 Å². The summed E-state index contributed by atoms with van der Waals surface area (Å²) >= 11 is 0. The molecule has 5 fully saturated rings. The van der Waals surface area contributed by atoms with E-state index in [1.54, 1.807) is 0 Å². The predicted molar refractivity (Wildman–Crippen MR) is 132 cm³/mol. The van der Waals surface area contributed by atoms with Gasteiger partial charge in [0, 0.05) is 12.5 Å². The molecular weight excluding hydrogens is 410 g/mol. The Labute approximate surface area is 200 Å². The van der Waals surface area contributed by atoms with Gasteiger partial charge in [0.25, 0.3) is 0 Å². The number of aliphatic hydroxyl groups is 2. The molecule has 5 rings (SSSR count). The highest BCUT2D eigenvalue weighted by atomic mass is 16.4. The quantitative estimate of drug-likeness (QED) is 0.274. The highest BCUT2D eigenvalue weighted by Crippen LogP contribution is 2.76. The minimum Gasteiger partial charge on any atom is -0.411 e. The number of hydrogen-bond acceptors (Lipinski definition) is 4. The van der Waals surface area contributed by atoms with Crippen LogP contribution in [0.1, 0.15) is 91.9 Å². The smallest absolute Gasteiger partial charge is 0.0641 e. The van der Waals surface area contributed by atoms with Gasteiger partial charge in [-0.05, 0) is 121 Å². The lowest BCUT2D eigenvalue weighted by Gasteiger charge is -2.71. The van der Waals surface area contributed by atoms with Crippen molar-refractivity contribution in [3.8, 4) is 0 Å². The zero-order valence-electron chi connectivity index (χ0n) is 21.4. The van der Waals surface area contributed by atoms with E-state index in [0.29, 0.717) is 52.9 Å². The second-order valence-corrected chi connectivity index (χ2v) is 13.6. The summed E-state index contributed by atoms with van der Waals surface area (Å²) in [5.74, 6) is 3.12. The fourth-order valence-corrected chi connectivity index (χ4v) is 11.2. The van der Waals surface area contributed by atoms with Crippen LogP contribution in [0.3, 0.4) is 0 Å². The summed E-state index contributed by atoms with van der Waals surface area (Å²) < 4.78 is 0. The number of fused-ring (bicyclic) bond motifs is 7. The minimum absolute atomic E-state index is 0.0309. The number of aliphatic hydroxyl groups excluding tert-OH is 2. The largest absolute Gasteiger partial charge is 0.411 e. The van der Waals surface area contributed by atoms with Crippen molar-refractivity contribution in [3.63, 3.8) is 0 Å². The fourth-order valence-electron chi connectivity index (χ4n) is 11.2. The minimum atomic E-state index is 0.0309. The highest BCUT2D eigenvalue weighted by Gasteiger charge is 2.69. The van der Waals surface area contributed by atoms with Crippen molar-refractivity contribution in [2.75, 3.05) is 13.2 Å². The number of rotatable bonds is 3. The molecule has 4 nitrogen and oxygen atoms in total. The first-order valence-corrected chi connectivity index (χ1v) is 13.7. The van der Waals surface area contributed by atoms with E-state index in [1.165, 1.54) is 32.1 Å². The van der Waals surface area contributed by atoms with Crippen LogP contribution in [0.2, 0.25) is 0 Å². The second kappa shape index (κ2) is 7.82. The third-order valence-electron chi connectivity index (χ3n) is 13.2. The van der Waals surface area contributed by atoms with E-state index in [2.05, 4.69) is 39.4 Å². The molecule has 0 aromatic heterocycles. The van der Waals surface area contributed by atoms with Crippen molar-refractivity contribution in [3.05, 3.63) is 12.2 Å². The molecule has 0 bridgehead atoms. The summed E-state index contributed by atoms with van der Waals surface area (Å²) in [6.07, 6.45) is 11.6. The third kappa shape index (κ3) is 2.92. The molecule has 5 aliphatic carbocycles. The van der Waals surface area contributed by atoms with Crippen LogP contribution in [0.5, 0.6) is 0 Å². The van der Waals surface area contributed by atoms with Crippen molar-refractivity contribution < 1.29 is 15.4 Å². The molecule has 186 valence electrons. The van der Waals surface area contributed by atoms with Gasteiger partial charge in [-0.2, -0.15) is 0 Å². The van der Waals surface area contributed by atoms with E-state index in [1.807, 2.05) is 0 Å². The molecule has 5 aliphatic rings.